The van der Waals surface area contributed by atoms with Crippen molar-refractivity contribution in [2.24, 2.45) is 0 Å². The monoisotopic (exact) mass is 234 g/mol. The number of Topliss-reactive ketones (excluding diaryl/α,β-unsaturated/α-hetero) is 1. The third kappa shape index (κ3) is 4.31. The summed E-state index contributed by atoms with van der Waals surface area (Å²) in [6.45, 7) is 9.34. The van der Waals surface area contributed by atoms with Crippen LogP contribution in [0.1, 0.15) is 50.0 Å². The Morgan fingerprint density at radius 2 is 1.76 bits per heavy atom. The second kappa shape index (κ2) is 5.97. The molecule has 1 aromatic carbocycles. The number of ketones is 1. The van der Waals surface area contributed by atoms with Gasteiger partial charge in [0.1, 0.15) is 6.61 Å². The number of carbonyl (C=O) groups is 1. The van der Waals surface area contributed by atoms with Crippen LogP contribution in [0, 0.1) is 0 Å². The normalized spacial score (nSPS) is 11.5. The van der Waals surface area contributed by atoms with Gasteiger partial charge in [-0.3, -0.25) is 4.79 Å². The van der Waals surface area contributed by atoms with Gasteiger partial charge in [-0.05, 0) is 17.4 Å². The minimum Gasteiger partial charge on any atom is -0.373 e. The molecule has 0 aliphatic rings. The third-order valence-corrected chi connectivity index (χ3v) is 2.65. The van der Waals surface area contributed by atoms with E-state index in [1.165, 1.54) is 5.56 Å². The van der Waals surface area contributed by atoms with Crippen molar-refractivity contribution < 1.29 is 9.53 Å². The zero-order chi connectivity index (χ0) is 12.9. The molecule has 94 valence electrons. The van der Waals surface area contributed by atoms with E-state index in [0.717, 1.165) is 12.0 Å². The first kappa shape index (κ1) is 13.9. The van der Waals surface area contributed by atoms with E-state index in [2.05, 4.69) is 20.8 Å². The third-order valence-electron chi connectivity index (χ3n) is 2.65. The summed E-state index contributed by atoms with van der Waals surface area (Å²) in [5.74, 6) is 0.0545. The molecule has 0 spiro atoms. The van der Waals surface area contributed by atoms with Crippen LogP contribution in [0.25, 0.3) is 0 Å². The quantitative estimate of drug-likeness (QED) is 0.575. The lowest BCUT2D eigenvalue weighted by atomic mass is 9.86. The average molecular weight is 234 g/mol. The van der Waals surface area contributed by atoms with Crippen LogP contribution < -0.4 is 0 Å². The molecule has 0 aliphatic heterocycles. The zero-order valence-corrected chi connectivity index (χ0v) is 11.2. The lowest BCUT2D eigenvalue weighted by Crippen LogP contribution is -2.13. The smallest absolute Gasteiger partial charge is 0.188 e. The number of rotatable bonds is 5. The van der Waals surface area contributed by atoms with Gasteiger partial charge in [-0.15, -0.1) is 0 Å². The Morgan fingerprint density at radius 1 is 1.18 bits per heavy atom. The van der Waals surface area contributed by atoms with Gasteiger partial charge < -0.3 is 4.74 Å². The topological polar surface area (TPSA) is 26.3 Å². The highest BCUT2D eigenvalue weighted by molar-refractivity contribution is 5.97. The molecule has 2 heteroatoms. The number of ether oxygens (including phenoxy) is 1. The van der Waals surface area contributed by atoms with E-state index in [1.807, 2.05) is 31.2 Å². The molecule has 0 heterocycles. The van der Waals surface area contributed by atoms with Gasteiger partial charge in [-0.25, -0.2) is 0 Å². The summed E-state index contributed by atoms with van der Waals surface area (Å²) in [6, 6.07) is 7.82. The molecule has 0 aliphatic carbocycles. The van der Waals surface area contributed by atoms with Crippen LogP contribution in [-0.2, 0) is 10.2 Å². The van der Waals surface area contributed by atoms with Crippen molar-refractivity contribution in [3.8, 4) is 0 Å². The lowest BCUT2D eigenvalue weighted by Gasteiger charge is -2.18. The minimum atomic E-state index is 0.0545. The maximum atomic E-state index is 11.8. The molecule has 0 unspecified atom stereocenters. The molecule has 0 N–H and O–H groups in total. The molecule has 0 saturated carbocycles. The van der Waals surface area contributed by atoms with E-state index in [0.29, 0.717) is 6.61 Å². The fraction of sp³-hybridized carbons (Fsp3) is 0.533. The van der Waals surface area contributed by atoms with Crippen LogP contribution in [-0.4, -0.2) is 19.0 Å². The Bertz CT molecular complexity index is 358. The average Bonchev–Trinajstić information content (AvgIpc) is 2.28. The summed E-state index contributed by atoms with van der Waals surface area (Å²) in [6.07, 6.45) is 0.941. The maximum Gasteiger partial charge on any atom is 0.188 e. The van der Waals surface area contributed by atoms with Gasteiger partial charge in [0, 0.05) is 12.2 Å². The highest BCUT2D eigenvalue weighted by Crippen LogP contribution is 2.22. The van der Waals surface area contributed by atoms with E-state index in [4.69, 9.17) is 4.74 Å². The molecule has 17 heavy (non-hydrogen) atoms. The van der Waals surface area contributed by atoms with Crippen molar-refractivity contribution >= 4 is 5.78 Å². The van der Waals surface area contributed by atoms with Crippen molar-refractivity contribution in [3.63, 3.8) is 0 Å². The summed E-state index contributed by atoms with van der Waals surface area (Å²) < 4.78 is 5.25. The van der Waals surface area contributed by atoms with Crippen molar-refractivity contribution in [2.75, 3.05) is 13.2 Å². The molecule has 0 saturated heterocycles. The van der Waals surface area contributed by atoms with Gasteiger partial charge >= 0.3 is 0 Å². The fourth-order valence-corrected chi connectivity index (χ4v) is 1.55. The first-order valence-corrected chi connectivity index (χ1v) is 6.16. The van der Waals surface area contributed by atoms with Gasteiger partial charge in [0.2, 0.25) is 0 Å². The molecule has 0 atom stereocenters. The molecule has 1 rings (SSSR count). The van der Waals surface area contributed by atoms with Crippen LogP contribution in [0.15, 0.2) is 24.3 Å². The van der Waals surface area contributed by atoms with Crippen LogP contribution in [0.3, 0.4) is 0 Å². The Balaban J connectivity index is 2.64. The zero-order valence-electron chi connectivity index (χ0n) is 11.2. The standard InChI is InChI=1S/C15H22O2/c1-5-10-17-11-14(16)12-6-8-13(9-7-12)15(2,3)4/h6-9H,5,10-11H2,1-4H3. The van der Waals surface area contributed by atoms with Crippen molar-refractivity contribution in [2.45, 2.75) is 39.5 Å². The number of hydrogen-bond acceptors (Lipinski definition) is 2. The Hall–Kier alpha value is -1.15. The van der Waals surface area contributed by atoms with E-state index >= 15 is 0 Å². The summed E-state index contributed by atoms with van der Waals surface area (Å²) >= 11 is 0. The maximum absolute atomic E-state index is 11.8. The second-order valence-electron chi connectivity index (χ2n) is 5.30. The van der Waals surface area contributed by atoms with Crippen LogP contribution in [0.5, 0.6) is 0 Å². The summed E-state index contributed by atoms with van der Waals surface area (Å²) in [7, 11) is 0. The van der Waals surface area contributed by atoms with Crippen LogP contribution in [0.2, 0.25) is 0 Å². The molecule has 0 bridgehead atoms. The Morgan fingerprint density at radius 3 is 2.24 bits per heavy atom. The largest absolute Gasteiger partial charge is 0.373 e. The van der Waals surface area contributed by atoms with E-state index in [1.54, 1.807) is 0 Å². The fourth-order valence-electron chi connectivity index (χ4n) is 1.55. The molecule has 0 fully saturated rings. The molecular weight excluding hydrogens is 212 g/mol. The van der Waals surface area contributed by atoms with Crippen molar-refractivity contribution in [3.05, 3.63) is 35.4 Å². The van der Waals surface area contributed by atoms with E-state index in [9.17, 15) is 4.79 Å². The van der Waals surface area contributed by atoms with Crippen LogP contribution >= 0.6 is 0 Å². The Kier molecular flexibility index (Phi) is 4.88. The molecule has 1 aromatic rings. The van der Waals surface area contributed by atoms with Gasteiger partial charge in [-0.2, -0.15) is 0 Å². The lowest BCUT2D eigenvalue weighted by molar-refractivity contribution is 0.0761. The molecule has 0 aromatic heterocycles. The highest BCUT2D eigenvalue weighted by Gasteiger charge is 2.14. The van der Waals surface area contributed by atoms with Gasteiger partial charge in [-0.1, -0.05) is 52.0 Å². The predicted octanol–water partition coefficient (Wildman–Crippen LogP) is 3.59. The first-order chi connectivity index (χ1) is 7.95. The SMILES string of the molecule is CCCOCC(=O)c1ccc(C(C)(C)C)cc1. The number of benzene rings is 1. The number of hydrogen-bond donors (Lipinski definition) is 0. The Labute approximate surface area is 104 Å². The molecular formula is C15H22O2. The van der Waals surface area contributed by atoms with Crippen LogP contribution in [0.4, 0.5) is 0 Å². The first-order valence-electron chi connectivity index (χ1n) is 6.16. The van der Waals surface area contributed by atoms with Gasteiger partial charge in [0.15, 0.2) is 5.78 Å². The van der Waals surface area contributed by atoms with E-state index < -0.39 is 0 Å². The molecule has 2 nitrogen and oxygen atoms in total. The predicted molar refractivity (Wildman–Crippen MR) is 70.6 cm³/mol. The van der Waals surface area contributed by atoms with Gasteiger partial charge in [0.05, 0.1) is 0 Å². The molecule has 0 amide bonds. The second-order valence-corrected chi connectivity index (χ2v) is 5.30. The summed E-state index contributed by atoms with van der Waals surface area (Å²) in [5.41, 5.74) is 2.10. The van der Waals surface area contributed by atoms with E-state index in [-0.39, 0.29) is 17.8 Å². The summed E-state index contributed by atoms with van der Waals surface area (Å²) in [5, 5.41) is 0. The van der Waals surface area contributed by atoms with Crippen molar-refractivity contribution in [1.29, 1.82) is 0 Å². The van der Waals surface area contributed by atoms with Gasteiger partial charge in [0.25, 0.3) is 0 Å². The molecule has 0 radical (unpaired) electrons. The summed E-state index contributed by atoms with van der Waals surface area (Å²) in [4.78, 5) is 11.8. The number of carbonyl (C=O) groups excluding carboxylic acids is 1. The minimum absolute atomic E-state index is 0.0545. The van der Waals surface area contributed by atoms with Crippen molar-refractivity contribution in [1.82, 2.24) is 0 Å². The highest BCUT2D eigenvalue weighted by atomic mass is 16.5.